The molecular weight excluding hydrogens is 168 g/mol. The van der Waals surface area contributed by atoms with Crippen LogP contribution >= 0.6 is 0 Å². The van der Waals surface area contributed by atoms with E-state index in [1.807, 2.05) is 0 Å². The van der Waals surface area contributed by atoms with Crippen LogP contribution in [0.5, 0.6) is 0 Å². The van der Waals surface area contributed by atoms with Gasteiger partial charge in [0.1, 0.15) is 0 Å². The van der Waals surface area contributed by atoms with E-state index in [9.17, 15) is 4.79 Å². The van der Waals surface area contributed by atoms with E-state index < -0.39 is 0 Å². The zero-order chi connectivity index (χ0) is 9.68. The fraction of sp³-hybridized carbons (Fsp3) is 0.889. The predicted octanol–water partition coefficient (Wildman–Crippen LogP) is -0.124. The Morgan fingerprint density at radius 3 is 2.92 bits per heavy atom. The lowest BCUT2D eigenvalue weighted by atomic mass is 9.92. The first-order chi connectivity index (χ1) is 6.29. The molecular formula is C9H18N2O2. The van der Waals surface area contributed by atoms with Gasteiger partial charge in [0.25, 0.3) is 0 Å². The molecule has 1 aliphatic rings. The number of piperidine rings is 1. The fourth-order valence-corrected chi connectivity index (χ4v) is 1.80. The molecule has 0 aliphatic carbocycles. The number of carbonyl (C=O) groups excluding carboxylic acids is 1. The maximum atomic E-state index is 11.3. The summed E-state index contributed by atoms with van der Waals surface area (Å²) in [5, 5.41) is 3.30. The Labute approximate surface area is 78.8 Å². The summed E-state index contributed by atoms with van der Waals surface area (Å²) >= 11 is 0. The average Bonchev–Trinajstić information content (AvgIpc) is 2.20. The lowest BCUT2D eigenvalue weighted by Crippen LogP contribution is -2.46. The number of methoxy groups -OCH3 is 1. The van der Waals surface area contributed by atoms with E-state index in [1.54, 1.807) is 0 Å². The molecule has 1 aliphatic heterocycles. The van der Waals surface area contributed by atoms with Crippen molar-refractivity contribution in [2.45, 2.75) is 25.3 Å². The van der Waals surface area contributed by atoms with Crippen LogP contribution in [-0.2, 0) is 9.53 Å². The van der Waals surface area contributed by atoms with Crippen molar-refractivity contribution in [1.29, 1.82) is 0 Å². The van der Waals surface area contributed by atoms with E-state index in [4.69, 9.17) is 10.5 Å². The van der Waals surface area contributed by atoms with Crippen LogP contribution in [0.3, 0.4) is 0 Å². The van der Waals surface area contributed by atoms with Gasteiger partial charge in [0.05, 0.1) is 13.0 Å². The normalized spacial score (nSPS) is 25.2. The third-order valence-electron chi connectivity index (χ3n) is 2.59. The SMILES string of the molecule is COC(=O)C(CN)C1CCCCN1. The first-order valence-corrected chi connectivity index (χ1v) is 4.81. The summed E-state index contributed by atoms with van der Waals surface area (Å²) in [6.45, 7) is 1.35. The van der Waals surface area contributed by atoms with Crippen molar-refractivity contribution in [3.63, 3.8) is 0 Å². The molecule has 0 bridgehead atoms. The minimum absolute atomic E-state index is 0.176. The zero-order valence-corrected chi connectivity index (χ0v) is 8.08. The van der Waals surface area contributed by atoms with Crippen LogP contribution in [0.2, 0.25) is 0 Å². The minimum atomic E-state index is -0.193. The predicted molar refractivity (Wildman–Crippen MR) is 50.2 cm³/mol. The van der Waals surface area contributed by atoms with Crippen molar-refractivity contribution < 1.29 is 9.53 Å². The second kappa shape index (κ2) is 5.19. The molecule has 1 heterocycles. The van der Waals surface area contributed by atoms with Crippen LogP contribution in [0.15, 0.2) is 0 Å². The summed E-state index contributed by atoms with van der Waals surface area (Å²) in [7, 11) is 1.41. The van der Waals surface area contributed by atoms with Crippen LogP contribution in [0.1, 0.15) is 19.3 Å². The Morgan fingerprint density at radius 1 is 1.69 bits per heavy atom. The van der Waals surface area contributed by atoms with E-state index in [1.165, 1.54) is 20.0 Å². The molecule has 1 saturated heterocycles. The van der Waals surface area contributed by atoms with Crippen LogP contribution in [0.25, 0.3) is 0 Å². The third-order valence-corrected chi connectivity index (χ3v) is 2.59. The molecule has 2 atom stereocenters. The Balaban J connectivity index is 2.48. The molecule has 2 unspecified atom stereocenters. The standard InChI is InChI=1S/C9H18N2O2/c1-13-9(12)7(6-10)8-4-2-3-5-11-8/h7-8,11H,2-6,10H2,1H3. The van der Waals surface area contributed by atoms with Gasteiger partial charge >= 0.3 is 5.97 Å². The molecule has 13 heavy (non-hydrogen) atoms. The molecule has 1 rings (SSSR count). The highest BCUT2D eigenvalue weighted by Gasteiger charge is 2.28. The number of nitrogens with two attached hydrogens (primary N) is 1. The third kappa shape index (κ3) is 2.67. The molecule has 1 fully saturated rings. The van der Waals surface area contributed by atoms with Crippen LogP contribution in [-0.4, -0.2) is 32.2 Å². The van der Waals surface area contributed by atoms with Gasteiger partial charge in [0, 0.05) is 12.6 Å². The lowest BCUT2D eigenvalue weighted by molar-refractivity contribution is -0.146. The highest BCUT2D eigenvalue weighted by Crippen LogP contribution is 2.15. The van der Waals surface area contributed by atoms with Crippen molar-refractivity contribution >= 4 is 5.97 Å². The van der Waals surface area contributed by atoms with Crippen LogP contribution in [0, 0.1) is 5.92 Å². The summed E-state index contributed by atoms with van der Waals surface area (Å²) in [6.07, 6.45) is 3.39. The van der Waals surface area contributed by atoms with Crippen LogP contribution < -0.4 is 11.1 Å². The Bertz CT molecular complexity index is 167. The summed E-state index contributed by atoms with van der Waals surface area (Å²) in [6, 6.07) is 0.214. The average molecular weight is 186 g/mol. The summed E-state index contributed by atoms with van der Waals surface area (Å²) in [5.41, 5.74) is 5.54. The van der Waals surface area contributed by atoms with Gasteiger partial charge in [-0.15, -0.1) is 0 Å². The summed E-state index contributed by atoms with van der Waals surface area (Å²) < 4.78 is 4.70. The molecule has 0 aromatic heterocycles. The fourth-order valence-electron chi connectivity index (χ4n) is 1.80. The Hall–Kier alpha value is -0.610. The maximum absolute atomic E-state index is 11.3. The molecule has 0 aromatic carbocycles. The number of ether oxygens (including phenoxy) is 1. The van der Waals surface area contributed by atoms with E-state index in [0.717, 1.165) is 13.0 Å². The van der Waals surface area contributed by atoms with E-state index >= 15 is 0 Å². The largest absolute Gasteiger partial charge is 0.469 e. The summed E-state index contributed by atoms with van der Waals surface area (Å²) in [4.78, 5) is 11.3. The highest BCUT2D eigenvalue weighted by molar-refractivity contribution is 5.73. The van der Waals surface area contributed by atoms with Gasteiger partial charge < -0.3 is 15.8 Å². The van der Waals surface area contributed by atoms with Crippen molar-refractivity contribution in [2.75, 3.05) is 20.2 Å². The molecule has 0 aromatic rings. The van der Waals surface area contributed by atoms with Gasteiger partial charge in [-0.05, 0) is 19.4 Å². The molecule has 0 radical (unpaired) electrons. The molecule has 0 saturated carbocycles. The van der Waals surface area contributed by atoms with Gasteiger partial charge in [-0.25, -0.2) is 0 Å². The second-order valence-corrected chi connectivity index (χ2v) is 3.42. The monoisotopic (exact) mass is 186 g/mol. The zero-order valence-electron chi connectivity index (χ0n) is 8.08. The van der Waals surface area contributed by atoms with Crippen LogP contribution in [0.4, 0.5) is 0 Å². The van der Waals surface area contributed by atoms with Crippen molar-refractivity contribution in [2.24, 2.45) is 11.7 Å². The molecule has 0 amide bonds. The van der Waals surface area contributed by atoms with E-state index in [-0.39, 0.29) is 17.9 Å². The van der Waals surface area contributed by atoms with E-state index in [2.05, 4.69) is 5.32 Å². The number of hydrogen-bond acceptors (Lipinski definition) is 4. The molecule has 0 spiro atoms. The first-order valence-electron chi connectivity index (χ1n) is 4.81. The molecule has 3 N–H and O–H groups in total. The topological polar surface area (TPSA) is 64.3 Å². The van der Waals surface area contributed by atoms with Crippen molar-refractivity contribution in [3.05, 3.63) is 0 Å². The van der Waals surface area contributed by atoms with Gasteiger partial charge in [-0.1, -0.05) is 6.42 Å². The van der Waals surface area contributed by atoms with E-state index in [0.29, 0.717) is 6.54 Å². The molecule has 76 valence electrons. The second-order valence-electron chi connectivity index (χ2n) is 3.42. The molecule has 4 heteroatoms. The van der Waals surface area contributed by atoms with Gasteiger partial charge in [-0.3, -0.25) is 4.79 Å². The quantitative estimate of drug-likeness (QED) is 0.603. The van der Waals surface area contributed by atoms with Crippen molar-refractivity contribution in [3.8, 4) is 0 Å². The number of rotatable bonds is 3. The smallest absolute Gasteiger partial charge is 0.311 e. The Kier molecular flexibility index (Phi) is 4.18. The van der Waals surface area contributed by atoms with Crippen molar-refractivity contribution in [1.82, 2.24) is 5.32 Å². The molecule has 4 nitrogen and oxygen atoms in total. The number of esters is 1. The maximum Gasteiger partial charge on any atom is 0.311 e. The highest BCUT2D eigenvalue weighted by atomic mass is 16.5. The van der Waals surface area contributed by atoms with Gasteiger partial charge in [0.15, 0.2) is 0 Å². The summed E-state index contributed by atoms with van der Waals surface area (Å²) in [5.74, 6) is -0.368. The number of nitrogens with one attached hydrogen (secondary N) is 1. The number of carbonyl (C=O) groups is 1. The number of hydrogen-bond donors (Lipinski definition) is 2. The van der Waals surface area contributed by atoms with Gasteiger partial charge in [-0.2, -0.15) is 0 Å². The van der Waals surface area contributed by atoms with Gasteiger partial charge in [0.2, 0.25) is 0 Å². The Morgan fingerprint density at radius 2 is 2.46 bits per heavy atom. The minimum Gasteiger partial charge on any atom is -0.469 e. The first kappa shape index (κ1) is 10.5. The lowest BCUT2D eigenvalue weighted by Gasteiger charge is -2.28.